The minimum absolute atomic E-state index is 0.0225. The Morgan fingerprint density at radius 3 is 2.43 bits per heavy atom. The SMILES string of the molecule is O=C(O)c1ccc(COc2ccc([N+](=O)[O-])cc2F)cc1. The number of carbonyl (C=O) groups is 1. The van der Waals surface area contributed by atoms with Crippen LogP contribution >= 0.6 is 0 Å². The lowest BCUT2D eigenvalue weighted by Crippen LogP contribution is -2.00. The zero-order valence-corrected chi connectivity index (χ0v) is 10.7. The van der Waals surface area contributed by atoms with E-state index in [1.54, 1.807) is 12.1 Å². The van der Waals surface area contributed by atoms with Gasteiger partial charge in [0.25, 0.3) is 5.69 Å². The summed E-state index contributed by atoms with van der Waals surface area (Å²) in [6.45, 7) is 0.0225. The van der Waals surface area contributed by atoms with Crippen molar-refractivity contribution < 1.29 is 24.0 Å². The second-order valence-electron chi connectivity index (χ2n) is 4.16. The van der Waals surface area contributed by atoms with Gasteiger partial charge in [-0.05, 0) is 23.8 Å². The van der Waals surface area contributed by atoms with Crippen molar-refractivity contribution in [2.75, 3.05) is 0 Å². The van der Waals surface area contributed by atoms with Crippen LogP contribution in [0.2, 0.25) is 0 Å². The average molecular weight is 291 g/mol. The van der Waals surface area contributed by atoms with Crippen molar-refractivity contribution in [2.24, 2.45) is 0 Å². The zero-order chi connectivity index (χ0) is 15.4. The molecule has 0 radical (unpaired) electrons. The van der Waals surface area contributed by atoms with Crippen LogP contribution in [0.1, 0.15) is 15.9 Å². The monoisotopic (exact) mass is 291 g/mol. The quantitative estimate of drug-likeness (QED) is 0.675. The Hall–Kier alpha value is -2.96. The van der Waals surface area contributed by atoms with Crippen molar-refractivity contribution in [3.63, 3.8) is 0 Å². The van der Waals surface area contributed by atoms with E-state index in [2.05, 4.69) is 0 Å². The van der Waals surface area contributed by atoms with E-state index in [0.717, 1.165) is 12.1 Å². The van der Waals surface area contributed by atoms with Crippen molar-refractivity contribution in [3.05, 3.63) is 69.5 Å². The zero-order valence-electron chi connectivity index (χ0n) is 10.7. The van der Waals surface area contributed by atoms with Crippen LogP contribution in [0.3, 0.4) is 0 Å². The number of carboxylic acid groups (broad SMARTS) is 1. The van der Waals surface area contributed by atoms with E-state index < -0.39 is 16.7 Å². The third kappa shape index (κ3) is 3.53. The van der Waals surface area contributed by atoms with Gasteiger partial charge in [0, 0.05) is 6.07 Å². The minimum atomic E-state index is -1.04. The molecular formula is C14H10FNO5. The highest BCUT2D eigenvalue weighted by molar-refractivity contribution is 5.87. The van der Waals surface area contributed by atoms with Gasteiger partial charge in [0.2, 0.25) is 0 Å². The summed E-state index contributed by atoms with van der Waals surface area (Å²) in [5.41, 5.74) is 0.434. The molecule has 2 aromatic rings. The van der Waals surface area contributed by atoms with Gasteiger partial charge in [-0.3, -0.25) is 10.1 Å². The number of carboxylic acids is 1. The van der Waals surface area contributed by atoms with Gasteiger partial charge in [-0.25, -0.2) is 9.18 Å². The highest BCUT2D eigenvalue weighted by atomic mass is 19.1. The summed E-state index contributed by atoms with van der Waals surface area (Å²) < 4.78 is 18.8. The van der Waals surface area contributed by atoms with Crippen molar-refractivity contribution in [2.45, 2.75) is 6.61 Å². The maximum Gasteiger partial charge on any atom is 0.335 e. The fourth-order valence-electron chi connectivity index (χ4n) is 1.63. The first-order valence-corrected chi connectivity index (χ1v) is 5.86. The van der Waals surface area contributed by atoms with Gasteiger partial charge < -0.3 is 9.84 Å². The van der Waals surface area contributed by atoms with Crippen LogP contribution in [0.25, 0.3) is 0 Å². The number of nitro benzene ring substituents is 1. The average Bonchev–Trinajstić information content (AvgIpc) is 2.46. The number of hydrogen-bond donors (Lipinski definition) is 1. The Labute approximate surface area is 118 Å². The predicted octanol–water partition coefficient (Wildman–Crippen LogP) is 3.01. The van der Waals surface area contributed by atoms with Crippen molar-refractivity contribution in [1.29, 1.82) is 0 Å². The molecule has 0 unspecified atom stereocenters. The lowest BCUT2D eigenvalue weighted by Gasteiger charge is -2.07. The molecule has 0 aromatic heterocycles. The number of non-ortho nitro benzene ring substituents is 1. The molecule has 0 fully saturated rings. The van der Waals surface area contributed by atoms with Crippen LogP contribution in [-0.4, -0.2) is 16.0 Å². The summed E-state index contributed by atoms with van der Waals surface area (Å²) >= 11 is 0. The highest BCUT2D eigenvalue weighted by Gasteiger charge is 2.11. The van der Waals surface area contributed by atoms with Crippen LogP contribution in [0, 0.1) is 15.9 Å². The summed E-state index contributed by atoms with van der Waals surface area (Å²) in [6, 6.07) is 9.02. The summed E-state index contributed by atoms with van der Waals surface area (Å²) in [4.78, 5) is 20.5. The van der Waals surface area contributed by atoms with Crippen molar-refractivity contribution in [3.8, 4) is 5.75 Å². The first kappa shape index (κ1) is 14.4. The molecule has 2 aromatic carbocycles. The largest absolute Gasteiger partial charge is 0.486 e. The number of halogens is 1. The fourth-order valence-corrected chi connectivity index (χ4v) is 1.63. The van der Waals surface area contributed by atoms with Crippen LogP contribution in [0.4, 0.5) is 10.1 Å². The second kappa shape index (κ2) is 6.00. The van der Waals surface area contributed by atoms with Crippen LogP contribution in [0.15, 0.2) is 42.5 Å². The standard InChI is InChI=1S/C14H10FNO5/c15-12-7-11(16(19)20)5-6-13(12)21-8-9-1-3-10(4-2-9)14(17)18/h1-7H,8H2,(H,17,18). The van der Waals surface area contributed by atoms with E-state index in [1.807, 2.05) is 0 Å². The van der Waals surface area contributed by atoms with Crippen molar-refractivity contribution in [1.82, 2.24) is 0 Å². The molecule has 2 rings (SSSR count). The molecule has 0 atom stereocenters. The number of ether oxygens (including phenoxy) is 1. The first-order chi connectivity index (χ1) is 9.97. The Morgan fingerprint density at radius 1 is 1.24 bits per heavy atom. The van der Waals surface area contributed by atoms with Crippen molar-refractivity contribution >= 4 is 11.7 Å². The number of aromatic carboxylic acids is 1. The second-order valence-corrected chi connectivity index (χ2v) is 4.16. The molecule has 0 heterocycles. The van der Waals surface area contributed by atoms with Gasteiger partial charge in [0.05, 0.1) is 16.6 Å². The van der Waals surface area contributed by atoms with E-state index in [0.29, 0.717) is 5.56 Å². The molecule has 0 aliphatic heterocycles. The molecule has 1 N–H and O–H groups in total. The minimum Gasteiger partial charge on any atom is -0.486 e. The lowest BCUT2D eigenvalue weighted by atomic mass is 10.1. The smallest absolute Gasteiger partial charge is 0.335 e. The third-order valence-corrected chi connectivity index (χ3v) is 2.72. The normalized spacial score (nSPS) is 10.1. The van der Waals surface area contributed by atoms with E-state index in [-0.39, 0.29) is 23.6 Å². The molecule has 21 heavy (non-hydrogen) atoms. The Bertz CT molecular complexity index is 684. The topological polar surface area (TPSA) is 89.7 Å². The first-order valence-electron chi connectivity index (χ1n) is 5.86. The molecule has 108 valence electrons. The fraction of sp³-hybridized carbons (Fsp3) is 0.0714. The number of benzene rings is 2. The molecule has 0 amide bonds. The number of nitrogens with zero attached hydrogens (tertiary/aromatic N) is 1. The van der Waals surface area contributed by atoms with Gasteiger partial charge in [0.1, 0.15) is 6.61 Å². The van der Waals surface area contributed by atoms with Gasteiger partial charge in [-0.15, -0.1) is 0 Å². The molecule has 7 heteroatoms. The van der Waals surface area contributed by atoms with Gasteiger partial charge in [-0.2, -0.15) is 0 Å². The lowest BCUT2D eigenvalue weighted by molar-refractivity contribution is -0.385. The summed E-state index contributed by atoms with van der Waals surface area (Å²) in [5, 5.41) is 19.2. The summed E-state index contributed by atoms with van der Waals surface area (Å²) in [6.07, 6.45) is 0. The summed E-state index contributed by atoms with van der Waals surface area (Å²) in [7, 11) is 0. The van der Waals surface area contributed by atoms with Gasteiger partial charge >= 0.3 is 5.97 Å². The number of nitro groups is 1. The van der Waals surface area contributed by atoms with E-state index >= 15 is 0 Å². The molecule has 0 saturated carbocycles. The van der Waals surface area contributed by atoms with Crippen LogP contribution in [0.5, 0.6) is 5.75 Å². The maximum absolute atomic E-state index is 13.6. The Kier molecular flexibility index (Phi) is 4.13. The molecule has 0 aliphatic carbocycles. The molecule has 0 spiro atoms. The molecule has 0 bridgehead atoms. The predicted molar refractivity (Wildman–Crippen MR) is 70.8 cm³/mol. The Balaban J connectivity index is 2.06. The number of hydrogen-bond acceptors (Lipinski definition) is 4. The molecular weight excluding hydrogens is 281 g/mol. The van der Waals surface area contributed by atoms with E-state index in [1.165, 1.54) is 18.2 Å². The number of rotatable bonds is 5. The van der Waals surface area contributed by atoms with Gasteiger partial charge in [-0.1, -0.05) is 12.1 Å². The molecule has 0 aliphatic rings. The highest BCUT2D eigenvalue weighted by Crippen LogP contribution is 2.23. The molecule has 0 saturated heterocycles. The maximum atomic E-state index is 13.6. The van der Waals surface area contributed by atoms with Gasteiger partial charge in [0.15, 0.2) is 11.6 Å². The van der Waals surface area contributed by atoms with Crippen LogP contribution < -0.4 is 4.74 Å². The van der Waals surface area contributed by atoms with E-state index in [4.69, 9.17) is 9.84 Å². The molecule has 6 nitrogen and oxygen atoms in total. The van der Waals surface area contributed by atoms with E-state index in [9.17, 15) is 19.3 Å². The summed E-state index contributed by atoms with van der Waals surface area (Å²) in [5.74, 6) is -1.97. The third-order valence-electron chi connectivity index (χ3n) is 2.72. The Morgan fingerprint density at radius 2 is 1.90 bits per heavy atom. The van der Waals surface area contributed by atoms with Crippen LogP contribution in [-0.2, 0) is 6.61 Å².